The van der Waals surface area contributed by atoms with Crippen LogP contribution in [0.3, 0.4) is 0 Å². The second-order valence-corrected chi connectivity index (χ2v) is 8.23. The van der Waals surface area contributed by atoms with Crippen LogP contribution in [-0.4, -0.2) is 33.6 Å². The Balaban J connectivity index is 2.37. The van der Waals surface area contributed by atoms with E-state index in [0.717, 1.165) is 22.7 Å². The van der Waals surface area contributed by atoms with Crippen molar-refractivity contribution in [2.24, 2.45) is 7.05 Å². The zero-order valence-electron chi connectivity index (χ0n) is 15.1. The highest BCUT2D eigenvalue weighted by Gasteiger charge is 2.41. The van der Waals surface area contributed by atoms with Crippen molar-refractivity contribution in [1.82, 2.24) is 14.5 Å². The first kappa shape index (κ1) is 21.9. The van der Waals surface area contributed by atoms with Crippen LogP contribution in [0.2, 0.25) is 10.0 Å². The highest BCUT2D eigenvalue weighted by atomic mass is 35.5. The number of imidazole rings is 1. The van der Waals surface area contributed by atoms with Crippen molar-refractivity contribution >= 4 is 40.9 Å². The van der Waals surface area contributed by atoms with E-state index >= 15 is 0 Å². The summed E-state index contributed by atoms with van der Waals surface area (Å²) in [5.41, 5.74) is 0.724. The molecule has 2 aromatic rings. The van der Waals surface area contributed by atoms with Gasteiger partial charge in [0.2, 0.25) is 0 Å². The molecule has 0 saturated heterocycles. The van der Waals surface area contributed by atoms with E-state index in [0.29, 0.717) is 20.8 Å². The molecule has 1 aromatic carbocycles. The van der Waals surface area contributed by atoms with E-state index < -0.39 is 12.1 Å². The standard InChI is InChI=1S/C17H18Cl2F3N3OS/c1-9(2)14-15(27-12-6-10(18)5-11(19)7-12)25(4)13(23-14)8-24(3)16(26)17(20,21)22/h5-7,9H,8H2,1-4H3. The van der Waals surface area contributed by atoms with Crippen molar-refractivity contribution in [1.29, 1.82) is 0 Å². The van der Waals surface area contributed by atoms with Gasteiger partial charge in [-0.1, -0.05) is 48.8 Å². The number of hydrogen-bond donors (Lipinski definition) is 0. The third-order valence-electron chi connectivity index (χ3n) is 3.73. The van der Waals surface area contributed by atoms with E-state index in [1.165, 1.54) is 11.8 Å². The maximum absolute atomic E-state index is 12.6. The fourth-order valence-corrected chi connectivity index (χ4v) is 4.27. The molecule has 0 aliphatic carbocycles. The molecule has 0 bridgehead atoms. The predicted molar refractivity (Wildman–Crippen MR) is 100 cm³/mol. The van der Waals surface area contributed by atoms with Gasteiger partial charge in [0, 0.05) is 29.0 Å². The van der Waals surface area contributed by atoms with E-state index in [-0.39, 0.29) is 12.5 Å². The molecule has 10 heteroatoms. The summed E-state index contributed by atoms with van der Waals surface area (Å²) < 4.78 is 39.6. The first-order chi connectivity index (χ1) is 12.4. The van der Waals surface area contributed by atoms with Gasteiger partial charge in [-0.25, -0.2) is 4.98 Å². The minimum absolute atomic E-state index is 0.0331. The Morgan fingerprint density at radius 2 is 1.81 bits per heavy atom. The van der Waals surface area contributed by atoms with Crippen LogP contribution in [0.1, 0.15) is 31.3 Å². The van der Waals surface area contributed by atoms with Crippen LogP contribution in [-0.2, 0) is 18.4 Å². The Morgan fingerprint density at radius 1 is 1.26 bits per heavy atom. The molecular weight excluding hydrogens is 422 g/mol. The molecular formula is C17H18Cl2F3N3OS. The average molecular weight is 440 g/mol. The quantitative estimate of drug-likeness (QED) is 0.615. The molecule has 0 radical (unpaired) electrons. The summed E-state index contributed by atoms with van der Waals surface area (Å²) in [5, 5.41) is 1.72. The van der Waals surface area contributed by atoms with Gasteiger partial charge in [0.05, 0.1) is 12.2 Å². The lowest BCUT2D eigenvalue weighted by Gasteiger charge is -2.18. The van der Waals surface area contributed by atoms with Gasteiger partial charge in [-0.15, -0.1) is 0 Å². The van der Waals surface area contributed by atoms with Crippen molar-refractivity contribution in [2.45, 2.75) is 42.4 Å². The molecule has 27 heavy (non-hydrogen) atoms. The van der Waals surface area contributed by atoms with E-state index in [1.54, 1.807) is 29.8 Å². The SMILES string of the molecule is CC(C)c1nc(CN(C)C(=O)C(F)(F)F)n(C)c1Sc1cc(Cl)cc(Cl)c1. The largest absolute Gasteiger partial charge is 0.471 e. The van der Waals surface area contributed by atoms with Gasteiger partial charge in [-0.05, 0) is 24.1 Å². The third kappa shape index (κ3) is 5.33. The van der Waals surface area contributed by atoms with Crippen molar-refractivity contribution in [3.05, 3.63) is 39.8 Å². The van der Waals surface area contributed by atoms with E-state index in [2.05, 4.69) is 4.98 Å². The number of halogens is 5. The lowest BCUT2D eigenvalue weighted by Crippen LogP contribution is -2.38. The van der Waals surface area contributed by atoms with Gasteiger partial charge in [0.15, 0.2) is 0 Å². The molecule has 0 spiro atoms. The molecule has 1 heterocycles. The Hall–Kier alpha value is -1.38. The number of carbonyl (C=O) groups is 1. The molecule has 0 saturated carbocycles. The molecule has 0 aliphatic rings. The van der Waals surface area contributed by atoms with E-state index in [1.807, 2.05) is 13.8 Å². The lowest BCUT2D eigenvalue weighted by molar-refractivity contribution is -0.184. The van der Waals surface area contributed by atoms with Crippen LogP contribution in [0.15, 0.2) is 28.1 Å². The number of rotatable bonds is 5. The van der Waals surface area contributed by atoms with Gasteiger partial charge in [0.1, 0.15) is 10.9 Å². The van der Waals surface area contributed by atoms with Crippen LogP contribution >= 0.6 is 35.0 Å². The molecule has 0 unspecified atom stereocenters. The molecule has 0 fully saturated rings. The van der Waals surface area contributed by atoms with Gasteiger partial charge < -0.3 is 9.47 Å². The van der Waals surface area contributed by atoms with Gasteiger partial charge in [-0.2, -0.15) is 13.2 Å². The smallest absolute Gasteiger partial charge is 0.330 e. The average Bonchev–Trinajstić information content (AvgIpc) is 2.81. The molecule has 1 amide bonds. The van der Waals surface area contributed by atoms with Crippen LogP contribution in [0, 0.1) is 0 Å². The van der Waals surface area contributed by atoms with Crippen molar-refractivity contribution in [3.63, 3.8) is 0 Å². The summed E-state index contributed by atoms with van der Waals surface area (Å²) in [6, 6.07) is 5.10. The Morgan fingerprint density at radius 3 is 2.30 bits per heavy atom. The fraction of sp³-hybridized carbons (Fsp3) is 0.412. The topological polar surface area (TPSA) is 38.1 Å². The number of carbonyl (C=O) groups excluding carboxylic acids is 1. The Labute approximate surface area is 169 Å². The molecule has 2 rings (SSSR count). The maximum Gasteiger partial charge on any atom is 0.471 e. The van der Waals surface area contributed by atoms with Crippen LogP contribution in [0.5, 0.6) is 0 Å². The second-order valence-electron chi connectivity index (χ2n) is 6.30. The Bertz CT molecular complexity index is 832. The molecule has 0 N–H and O–H groups in total. The number of hydrogen-bond acceptors (Lipinski definition) is 3. The third-order valence-corrected chi connectivity index (χ3v) is 5.31. The van der Waals surface area contributed by atoms with Gasteiger partial charge >= 0.3 is 12.1 Å². The second kappa shape index (κ2) is 8.32. The summed E-state index contributed by atoms with van der Waals surface area (Å²) in [6.45, 7) is 3.61. The zero-order valence-corrected chi connectivity index (χ0v) is 17.4. The normalized spacial score (nSPS) is 11.9. The highest BCUT2D eigenvalue weighted by Crippen LogP contribution is 2.36. The summed E-state index contributed by atoms with van der Waals surface area (Å²) in [7, 11) is 2.80. The number of aromatic nitrogens is 2. The van der Waals surface area contributed by atoms with Gasteiger partial charge in [0.25, 0.3) is 0 Å². The number of amides is 1. The molecule has 148 valence electrons. The van der Waals surface area contributed by atoms with Crippen molar-refractivity contribution in [3.8, 4) is 0 Å². The highest BCUT2D eigenvalue weighted by molar-refractivity contribution is 7.99. The first-order valence-electron chi connectivity index (χ1n) is 7.91. The fourth-order valence-electron chi connectivity index (χ4n) is 2.39. The van der Waals surface area contributed by atoms with Crippen LogP contribution < -0.4 is 0 Å². The monoisotopic (exact) mass is 439 g/mol. The van der Waals surface area contributed by atoms with Crippen molar-refractivity contribution < 1.29 is 18.0 Å². The molecule has 1 aromatic heterocycles. The summed E-state index contributed by atoms with van der Waals surface area (Å²) >= 11 is 13.4. The number of nitrogens with zero attached hydrogens (tertiary/aromatic N) is 3. The summed E-state index contributed by atoms with van der Waals surface area (Å²) in [5.74, 6) is -1.52. The summed E-state index contributed by atoms with van der Waals surface area (Å²) in [6.07, 6.45) is -4.92. The first-order valence-corrected chi connectivity index (χ1v) is 9.49. The molecule has 4 nitrogen and oxygen atoms in total. The Kier molecular flexibility index (Phi) is 6.76. The molecule has 0 aliphatic heterocycles. The van der Waals surface area contributed by atoms with Gasteiger partial charge in [-0.3, -0.25) is 4.79 Å². The predicted octanol–water partition coefficient (Wildman–Crippen LogP) is 5.52. The van der Waals surface area contributed by atoms with Crippen molar-refractivity contribution in [2.75, 3.05) is 7.05 Å². The number of alkyl halides is 3. The zero-order chi connectivity index (χ0) is 20.5. The van der Waals surface area contributed by atoms with Crippen LogP contribution in [0.25, 0.3) is 0 Å². The van der Waals surface area contributed by atoms with Crippen LogP contribution in [0.4, 0.5) is 13.2 Å². The van der Waals surface area contributed by atoms with E-state index in [9.17, 15) is 18.0 Å². The molecule has 0 atom stereocenters. The number of benzene rings is 1. The summed E-state index contributed by atoms with van der Waals surface area (Å²) in [4.78, 5) is 17.3. The minimum Gasteiger partial charge on any atom is -0.330 e. The maximum atomic E-state index is 12.6. The lowest BCUT2D eigenvalue weighted by atomic mass is 10.2. The van der Waals surface area contributed by atoms with E-state index in [4.69, 9.17) is 23.2 Å². The minimum atomic E-state index is -4.92.